The van der Waals surface area contributed by atoms with Gasteiger partial charge in [-0.15, -0.1) is 0 Å². The molecule has 1 aliphatic rings. The van der Waals surface area contributed by atoms with Crippen LogP contribution in [-0.4, -0.2) is 54.2 Å². The first-order chi connectivity index (χ1) is 9.54. The van der Waals surface area contributed by atoms with Gasteiger partial charge < -0.3 is 20.7 Å². The van der Waals surface area contributed by atoms with Gasteiger partial charge in [-0.05, 0) is 45.0 Å². The highest BCUT2D eigenvalue weighted by Crippen LogP contribution is 2.22. The van der Waals surface area contributed by atoms with Crippen molar-refractivity contribution in [1.82, 2.24) is 9.88 Å². The van der Waals surface area contributed by atoms with Crippen LogP contribution in [0.15, 0.2) is 17.4 Å². The molecule has 20 heavy (non-hydrogen) atoms. The Balaban J connectivity index is 2.25. The summed E-state index contributed by atoms with van der Waals surface area (Å²) in [7, 11) is 4.15. The first kappa shape index (κ1) is 14.6. The number of likely N-dealkylation sites (N-methyl/N-ethyl adjacent to an activating group) is 2. The molecule has 2 heterocycles. The molecule has 0 amide bonds. The molecule has 0 aromatic carbocycles. The van der Waals surface area contributed by atoms with Gasteiger partial charge in [0.25, 0.3) is 0 Å². The van der Waals surface area contributed by atoms with Crippen LogP contribution in [0.2, 0.25) is 0 Å². The second kappa shape index (κ2) is 6.09. The predicted molar refractivity (Wildman–Crippen MR) is 80.4 cm³/mol. The molecule has 1 aromatic heterocycles. The Labute approximate surface area is 119 Å². The second-order valence-corrected chi connectivity index (χ2v) is 5.47. The lowest BCUT2D eigenvalue weighted by molar-refractivity contribution is 0.313. The van der Waals surface area contributed by atoms with Crippen molar-refractivity contribution in [2.45, 2.75) is 25.8 Å². The standard InChI is InChI=1S/C14H23N5O/c1-10-6-7-16-14(12(10)13(15)17-20)19(3)9-11-5-4-8-18(11)2/h6-7,11,20H,4-5,8-9H2,1-3H3,(H2,15,17). The number of hydrogen-bond acceptors (Lipinski definition) is 5. The Morgan fingerprint density at radius 3 is 3.00 bits per heavy atom. The zero-order valence-corrected chi connectivity index (χ0v) is 12.4. The number of oxime groups is 1. The molecule has 1 fully saturated rings. The summed E-state index contributed by atoms with van der Waals surface area (Å²) in [5, 5.41) is 12.1. The van der Waals surface area contributed by atoms with Crippen molar-refractivity contribution < 1.29 is 5.21 Å². The van der Waals surface area contributed by atoms with Gasteiger partial charge in [-0.25, -0.2) is 4.98 Å². The fourth-order valence-corrected chi connectivity index (χ4v) is 2.81. The molecule has 0 aliphatic carbocycles. The average Bonchev–Trinajstić information content (AvgIpc) is 2.83. The van der Waals surface area contributed by atoms with Gasteiger partial charge in [-0.1, -0.05) is 5.16 Å². The van der Waals surface area contributed by atoms with Gasteiger partial charge in [0.05, 0.1) is 5.56 Å². The quantitative estimate of drug-likeness (QED) is 0.372. The molecule has 3 N–H and O–H groups in total. The third-order valence-corrected chi connectivity index (χ3v) is 4.02. The summed E-state index contributed by atoms with van der Waals surface area (Å²) in [4.78, 5) is 8.87. The first-order valence-corrected chi connectivity index (χ1v) is 6.89. The van der Waals surface area contributed by atoms with Crippen molar-refractivity contribution in [1.29, 1.82) is 0 Å². The highest BCUT2D eigenvalue weighted by Gasteiger charge is 2.24. The lowest BCUT2D eigenvalue weighted by atomic mass is 10.1. The maximum atomic E-state index is 8.95. The van der Waals surface area contributed by atoms with Gasteiger partial charge in [-0.2, -0.15) is 0 Å². The minimum absolute atomic E-state index is 0.109. The Morgan fingerprint density at radius 1 is 1.65 bits per heavy atom. The number of anilines is 1. The van der Waals surface area contributed by atoms with Crippen LogP contribution in [-0.2, 0) is 0 Å². The Kier molecular flexibility index (Phi) is 4.44. The molecule has 0 spiro atoms. The van der Waals surface area contributed by atoms with Crippen LogP contribution in [0.25, 0.3) is 0 Å². The maximum Gasteiger partial charge on any atom is 0.174 e. The fourth-order valence-electron chi connectivity index (χ4n) is 2.81. The number of likely N-dealkylation sites (tertiary alicyclic amines) is 1. The molecular formula is C14H23N5O. The molecule has 6 heteroatoms. The average molecular weight is 277 g/mol. The highest BCUT2D eigenvalue weighted by molar-refractivity contribution is 6.02. The molecule has 1 aromatic rings. The predicted octanol–water partition coefficient (Wildman–Crippen LogP) is 1.01. The monoisotopic (exact) mass is 277 g/mol. The molecular weight excluding hydrogens is 254 g/mol. The van der Waals surface area contributed by atoms with Gasteiger partial charge in [0, 0.05) is 25.8 Å². The number of nitrogens with zero attached hydrogens (tertiary/aromatic N) is 4. The number of pyridine rings is 1. The molecule has 0 bridgehead atoms. The summed E-state index contributed by atoms with van der Waals surface area (Å²) >= 11 is 0. The van der Waals surface area contributed by atoms with Crippen LogP contribution in [0.5, 0.6) is 0 Å². The number of aryl methyl sites for hydroxylation is 1. The molecule has 1 unspecified atom stereocenters. The van der Waals surface area contributed by atoms with E-state index in [-0.39, 0.29) is 5.84 Å². The van der Waals surface area contributed by atoms with Crippen molar-refractivity contribution >= 4 is 11.7 Å². The van der Waals surface area contributed by atoms with Gasteiger partial charge in [-0.3, -0.25) is 0 Å². The van der Waals surface area contributed by atoms with Crippen LogP contribution in [0.3, 0.4) is 0 Å². The molecule has 0 saturated carbocycles. The van der Waals surface area contributed by atoms with Crippen LogP contribution >= 0.6 is 0 Å². The summed E-state index contributed by atoms with van der Waals surface area (Å²) in [6.07, 6.45) is 4.20. The van der Waals surface area contributed by atoms with E-state index in [9.17, 15) is 0 Å². The molecule has 1 saturated heterocycles. The van der Waals surface area contributed by atoms with E-state index in [4.69, 9.17) is 10.9 Å². The largest absolute Gasteiger partial charge is 0.409 e. The van der Waals surface area contributed by atoms with E-state index in [1.807, 2.05) is 20.0 Å². The van der Waals surface area contributed by atoms with Crippen LogP contribution in [0.1, 0.15) is 24.0 Å². The molecule has 1 atom stereocenters. The molecule has 6 nitrogen and oxygen atoms in total. The van der Waals surface area contributed by atoms with Crippen molar-refractivity contribution in [3.63, 3.8) is 0 Å². The third-order valence-electron chi connectivity index (χ3n) is 4.02. The molecule has 2 rings (SSSR count). The van der Waals surface area contributed by atoms with E-state index in [0.717, 1.165) is 24.5 Å². The number of hydrogen-bond donors (Lipinski definition) is 2. The number of aromatic nitrogens is 1. The summed E-state index contributed by atoms with van der Waals surface area (Å²) in [6.45, 7) is 3.97. The van der Waals surface area contributed by atoms with E-state index < -0.39 is 0 Å². The zero-order chi connectivity index (χ0) is 14.7. The van der Waals surface area contributed by atoms with Gasteiger partial charge in [0.2, 0.25) is 0 Å². The van der Waals surface area contributed by atoms with Crippen LogP contribution in [0, 0.1) is 6.92 Å². The van der Waals surface area contributed by atoms with Crippen molar-refractivity contribution in [3.05, 3.63) is 23.4 Å². The molecule has 1 aliphatic heterocycles. The van der Waals surface area contributed by atoms with Crippen LogP contribution < -0.4 is 10.6 Å². The molecule has 0 radical (unpaired) electrons. The SMILES string of the molecule is Cc1ccnc(N(C)CC2CCCN2C)c1/C(N)=N/O. The van der Waals surface area contributed by atoms with Crippen molar-refractivity contribution in [2.75, 3.05) is 32.1 Å². The Morgan fingerprint density at radius 2 is 2.40 bits per heavy atom. The van der Waals surface area contributed by atoms with Gasteiger partial charge in [0.1, 0.15) is 5.82 Å². The normalized spacial score (nSPS) is 20.4. The fraction of sp³-hybridized carbons (Fsp3) is 0.571. The second-order valence-electron chi connectivity index (χ2n) is 5.47. The lowest BCUT2D eigenvalue weighted by Crippen LogP contribution is -2.38. The van der Waals surface area contributed by atoms with E-state index in [1.54, 1.807) is 6.20 Å². The summed E-state index contributed by atoms with van der Waals surface area (Å²) < 4.78 is 0. The van der Waals surface area contributed by atoms with E-state index >= 15 is 0 Å². The number of rotatable bonds is 4. The van der Waals surface area contributed by atoms with Gasteiger partial charge in [0.15, 0.2) is 5.84 Å². The highest BCUT2D eigenvalue weighted by atomic mass is 16.4. The zero-order valence-electron chi connectivity index (χ0n) is 12.4. The number of amidine groups is 1. The third kappa shape index (κ3) is 2.85. The molecule has 110 valence electrons. The van der Waals surface area contributed by atoms with E-state index in [0.29, 0.717) is 11.6 Å². The van der Waals surface area contributed by atoms with E-state index in [1.165, 1.54) is 12.8 Å². The lowest BCUT2D eigenvalue weighted by Gasteiger charge is -2.28. The summed E-state index contributed by atoms with van der Waals surface area (Å²) in [5.74, 6) is 0.873. The summed E-state index contributed by atoms with van der Waals surface area (Å²) in [6, 6.07) is 2.40. The minimum Gasteiger partial charge on any atom is -0.409 e. The Bertz CT molecular complexity index is 502. The van der Waals surface area contributed by atoms with Crippen molar-refractivity contribution in [3.8, 4) is 0 Å². The van der Waals surface area contributed by atoms with Crippen molar-refractivity contribution in [2.24, 2.45) is 10.9 Å². The van der Waals surface area contributed by atoms with E-state index in [2.05, 4.69) is 27.0 Å². The minimum atomic E-state index is 0.109. The number of nitrogens with two attached hydrogens (primary N) is 1. The summed E-state index contributed by atoms with van der Waals surface area (Å²) in [5.41, 5.74) is 7.45. The first-order valence-electron chi connectivity index (χ1n) is 6.89. The maximum absolute atomic E-state index is 8.95. The van der Waals surface area contributed by atoms with Crippen LogP contribution in [0.4, 0.5) is 5.82 Å². The Hall–Kier alpha value is -1.82. The smallest absolute Gasteiger partial charge is 0.174 e. The van der Waals surface area contributed by atoms with Gasteiger partial charge >= 0.3 is 0 Å². The topological polar surface area (TPSA) is 78.0 Å².